The van der Waals surface area contributed by atoms with E-state index in [1.807, 2.05) is 0 Å². The van der Waals surface area contributed by atoms with Gasteiger partial charge in [-0.2, -0.15) is 0 Å². The lowest BCUT2D eigenvalue weighted by molar-refractivity contribution is 0.493. The zero-order chi connectivity index (χ0) is 10.1. The average Bonchev–Trinajstić information content (AvgIpc) is 2.59. The van der Waals surface area contributed by atoms with Crippen LogP contribution in [0.2, 0.25) is 0 Å². The minimum absolute atomic E-state index is 0.0561. The number of aromatic nitrogens is 2. The van der Waals surface area contributed by atoms with Crippen molar-refractivity contribution in [2.45, 2.75) is 45.6 Å². The van der Waals surface area contributed by atoms with Crippen molar-refractivity contribution in [3.05, 3.63) is 17.2 Å². The van der Waals surface area contributed by atoms with Gasteiger partial charge < -0.3 is 10.7 Å². The molecule has 3 nitrogen and oxygen atoms in total. The first-order chi connectivity index (χ1) is 6.68. The van der Waals surface area contributed by atoms with Crippen LogP contribution in [0.1, 0.15) is 49.9 Å². The second kappa shape index (κ2) is 3.73. The van der Waals surface area contributed by atoms with Crippen LogP contribution in [0.25, 0.3) is 0 Å². The number of aryl methyl sites for hydroxylation is 2. The van der Waals surface area contributed by atoms with Gasteiger partial charge in [-0.1, -0.05) is 13.8 Å². The molecule has 1 aliphatic rings. The summed E-state index contributed by atoms with van der Waals surface area (Å²) in [5.41, 5.74) is 8.63. The zero-order valence-corrected chi connectivity index (χ0v) is 9.01. The Morgan fingerprint density at radius 3 is 2.64 bits per heavy atom. The minimum atomic E-state index is 0.0561. The van der Waals surface area contributed by atoms with E-state index in [4.69, 9.17) is 5.73 Å². The van der Waals surface area contributed by atoms with Crippen molar-refractivity contribution in [2.75, 3.05) is 0 Å². The molecule has 2 rings (SSSR count). The molecule has 0 amide bonds. The van der Waals surface area contributed by atoms with E-state index in [0.717, 1.165) is 18.7 Å². The van der Waals surface area contributed by atoms with E-state index in [0.29, 0.717) is 5.92 Å². The van der Waals surface area contributed by atoms with Gasteiger partial charge in [0.25, 0.3) is 0 Å². The van der Waals surface area contributed by atoms with Gasteiger partial charge in [0.15, 0.2) is 0 Å². The first-order valence-corrected chi connectivity index (χ1v) is 5.51. The third-order valence-electron chi connectivity index (χ3n) is 3.01. The molecule has 78 valence electrons. The van der Waals surface area contributed by atoms with Gasteiger partial charge in [-0.05, 0) is 31.6 Å². The number of aromatic amines is 1. The van der Waals surface area contributed by atoms with E-state index in [1.54, 1.807) is 0 Å². The molecule has 1 unspecified atom stereocenters. The van der Waals surface area contributed by atoms with Gasteiger partial charge in [-0.15, -0.1) is 0 Å². The number of imidazole rings is 1. The number of nitrogens with zero attached hydrogens (tertiary/aromatic N) is 1. The van der Waals surface area contributed by atoms with Crippen molar-refractivity contribution in [1.82, 2.24) is 9.97 Å². The highest BCUT2D eigenvalue weighted by atomic mass is 15.0. The first-order valence-electron chi connectivity index (χ1n) is 5.51. The molecule has 0 saturated carbocycles. The van der Waals surface area contributed by atoms with Gasteiger partial charge in [-0.3, -0.25) is 0 Å². The van der Waals surface area contributed by atoms with Gasteiger partial charge in [0.05, 0.1) is 11.7 Å². The normalized spacial score (nSPS) is 18.3. The van der Waals surface area contributed by atoms with Crippen LogP contribution in [0, 0.1) is 5.92 Å². The fourth-order valence-electron chi connectivity index (χ4n) is 1.95. The Hall–Kier alpha value is -0.830. The summed E-state index contributed by atoms with van der Waals surface area (Å²) in [5.74, 6) is 1.43. The predicted octanol–water partition coefficient (Wildman–Crippen LogP) is 1.94. The summed E-state index contributed by atoms with van der Waals surface area (Å²) < 4.78 is 0. The summed E-state index contributed by atoms with van der Waals surface area (Å²) in [6.45, 7) is 4.26. The SMILES string of the molecule is CC(C)C(N)c1nc2c([nH]1)CCCC2. The van der Waals surface area contributed by atoms with Gasteiger partial charge >= 0.3 is 0 Å². The molecule has 0 saturated heterocycles. The van der Waals surface area contributed by atoms with Crippen LogP contribution in [0.4, 0.5) is 0 Å². The third kappa shape index (κ3) is 1.69. The molecular weight excluding hydrogens is 174 g/mol. The van der Waals surface area contributed by atoms with Crippen LogP contribution in [0.3, 0.4) is 0 Å². The molecule has 1 atom stereocenters. The van der Waals surface area contributed by atoms with Gasteiger partial charge in [0.2, 0.25) is 0 Å². The molecule has 0 radical (unpaired) electrons. The number of H-pyrrole nitrogens is 1. The molecule has 1 heterocycles. The van der Waals surface area contributed by atoms with Crippen LogP contribution in [-0.4, -0.2) is 9.97 Å². The van der Waals surface area contributed by atoms with Gasteiger partial charge in [0.1, 0.15) is 5.82 Å². The number of rotatable bonds is 2. The highest BCUT2D eigenvalue weighted by molar-refractivity contribution is 5.19. The molecular formula is C11H19N3. The minimum Gasteiger partial charge on any atom is -0.344 e. The molecule has 0 spiro atoms. The Morgan fingerprint density at radius 2 is 2.00 bits per heavy atom. The van der Waals surface area contributed by atoms with Crippen LogP contribution in [0.15, 0.2) is 0 Å². The topological polar surface area (TPSA) is 54.7 Å². The summed E-state index contributed by atoms with van der Waals surface area (Å²) in [5, 5.41) is 0. The number of nitrogens with one attached hydrogen (secondary N) is 1. The number of hydrogen-bond acceptors (Lipinski definition) is 2. The highest BCUT2D eigenvalue weighted by Crippen LogP contribution is 2.23. The summed E-state index contributed by atoms with van der Waals surface area (Å²) in [4.78, 5) is 7.97. The highest BCUT2D eigenvalue weighted by Gasteiger charge is 2.19. The Balaban J connectivity index is 2.23. The molecule has 1 aromatic rings. The van der Waals surface area contributed by atoms with Crippen LogP contribution >= 0.6 is 0 Å². The maximum Gasteiger partial charge on any atom is 0.123 e. The summed E-state index contributed by atoms with van der Waals surface area (Å²) >= 11 is 0. The standard InChI is InChI=1S/C11H19N3/c1-7(2)10(12)11-13-8-5-3-4-6-9(8)14-11/h7,10H,3-6,12H2,1-2H3,(H,13,14). The number of nitrogens with two attached hydrogens (primary N) is 1. The van der Waals surface area contributed by atoms with Crippen molar-refractivity contribution in [2.24, 2.45) is 11.7 Å². The first kappa shape index (κ1) is 9.71. The quantitative estimate of drug-likeness (QED) is 0.754. The second-order valence-corrected chi connectivity index (χ2v) is 4.52. The van der Waals surface area contributed by atoms with Crippen molar-refractivity contribution < 1.29 is 0 Å². The lowest BCUT2D eigenvalue weighted by Gasteiger charge is -2.11. The van der Waals surface area contributed by atoms with Crippen LogP contribution in [-0.2, 0) is 12.8 Å². The van der Waals surface area contributed by atoms with E-state index in [1.165, 1.54) is 24.2 Å². The Kier molecular flexibility index (Phi) is 2.59. The zero-order valence-electron chi connectivity index (χ0n) is 9.01. The summed E-state index contributed by atoms with van der Waals surface area (Å²) in [6.07, 6.45) is 4.82. The molecule has 1 aliphatic carbocycles. The molecule has 0 fully saturated rings. The van der Waals surface area contributed by atoms with Crippen molar-refractivity contribution in [1.29, 1.82) is 0 Å². The van der Waals surface area contributed by atoms with Gasteiger partial charge in [-0.25, -0.2) is 4.98 Å². The molecule has 3 N–H and O–H groups in total. The van der Waals surface area contributed by atoms with Gasteiger partial charge in [0, 0.05) is 5.69 Å². The smallest absolute Gasteiger partial charge is 0.123 e. The average molecular weight is 193 g/mol. The second-order valence-electron chi connectivity index (χ2n) is 4.52. The molecule has 3 heteroatoms. The number of hydrogen-bond donors (Lipinski definition) is 2. The molecule has 14 heavy (non-hydrogen) atoms. The van der Waals surface area contributed by atoms with Crippen LogP contribution in [0.5, 0.6) is 0 Å². The Bertz CT molecular complexity index is 291. The molecule has 0 bridgehead atoms. The van der Waals surface area contributed by atoms with Crippen molar-refractivity contribution in [3.8, 4) is 0 Å². The maximum absolute atomic E-state index is 6.06. The molecule has 0 aromatic carbocycles. The maximum atomic E-state index is 6.06. The van der Waals surface area contributed by atoms with E-state index in [9.17, 15) is 0 Å². The number of fused-ring (bicyclic) bond motifs is 1. The molecule has 1 aromatic heterocycles. The predicted molar refractivity (Wildman–Crippen MR) is 57.0 cm³/mol. The van der Waals surface area contributed by atoms with E-state index in [-0.39, 0.29) is 6.04 Å². The fraction of sp³-hybridized carbons (Fsp3) is 0.727. The largest absolute Gasteiger partial charge is 0.344 e. The Morgan fingerprint density at radius 1 is 1.29 bits per heavy atom. The van der Waals surface area contributed by atoms with E-state index >= 15 is 0 Å². The third-order valence-corrected chi connectivity index (χ3v) is 3.01. The lowest BCUT2D eigenvalue weighted by atomic mass is 10.0. The summed E-state index contributed by atoms with van der Waals surface area (Å²) in [6, 6.07) is 0.0561. The fourth-order valence-corrected chi connectivity index (χ4v) is 1.95. The van der Waals surface area contributed by atoms with Crippen molar-refractivity contribution in [3.63, 3.8) is 0 Å². The van der Waals surface area contributed by atoms with Crippen LogP contribution < -0.4 is 5.73 Å². The van der Waals surface area contributed by atoms with E-state index < -0.39 is 0 Å². The summed E-state index contributed by atoms with van der Waals surface area (Å²) in [7, 11) is 0. The monoisotopic (exact) mass is 193 g/mol. The van der Waals surface area contributed by atoms with Crippen molar-refractivity contribution >= 4 is 0 Å². The molecule has 0 aliphatic heterocycles. The van der Waals surface area contributed by atoms with E-state index in [2.05, 4.69) is 23.8 Å². The lowest BCUT2D eigenvalue weighted by Crippen LogP contribution is -2.18. The Labute approximate surface area is 85.1 Å².